The number of hydrogen-bond acceptors (Lipinski definition) is 12. The zero-order chi connectivity index (χ0) is 36.9. The molecular weight excluding hydrogens is 729 g/mol. The SMILES string of the molecule is COc1ccc(-c2ccccc2)c2sc(NC(=O)c3ccc(C)s3)nc12.COc1ccc(N2CCOCC2)c2sc(NC(=O)c3ccnc(C)c3)nc12. The van der Waals surface area contributed by atoms with E-state index in [0.29, 0.717) is 45.4 Å². The van der Waals surface area contributed by atoms with E-state index in [1.807, 2.05) is 68.4 Å². The Kier molecular flexibility index (Phi) is 10.9. The molecule has 1 fully saturated rings. The summed E-state index contributed by atoms with van der Waals surface area (Å²) in [7, 11) is 3.25. The highest BCUT2D eigenvalue weighted by atomic mass is 32.1. The van der Waals surface area contributed by atoms with E-state index in [-0.39, 0.29) is 11.8 Å². The van der Waals surface area contributed by atoms with Crippen LogP contribution in [-0.2, 0) is 4.74 Å². The summed E-state index contributed by atoms with van der Waals surface area (Å²) in [6.07, 6.45) is 1.63. The number of carbonyl (C=O) groups excluding carboxylic acids is 2. The second-order valence-corrected chi connectivity index (χ2v) is 15.3. The van der Waals surface area contributed by atoms with E-state index in [1.165, 1.54) is 34.0 Å². The fraction of sp³-hybridized carbons (Fsp3) is 0.205. The summed E-state index contributed by atoms with van der Waals surface area (Å²) in [5, 5.41) is 6.92. The summed E-state index contributed by atoms with van der Waals surface area (Å²) in [6, 6.07) is 25.3. The summed E-state index contributed by atoms with van der Waals surface area (Å²) in [6.45, 7) is 6.91. The van der Waals surface area contributed by atoms with Crippen LogP contribution in [0.4, 0.5) is 16.0 Å². The molecule has 14 heteroatoms. The molecule has 11 nitrogen and oxygen atoms in total. The molecule has 2 amide bonds. The number of carbonyl (C=O) groups is 2. The smallest absolute Gasteiger partial charge is 0.267 e. The van der Waals surface area contributed by atoms with Gasteiger partial charge in [-0.25, -0.2) is 9.97 Å². The Morgan fingerprint density at radius 2 is 1.42 bits per heavy atom. The van der Waals surface area contributed by atoms with Gasteiger partial charge >= 0.3 is 0 Å². The molecule has 0 bridgehead atoms. The van der Waals surface area contributed by atoms with Crippen LogP contribution in [0.3, 0.4) is 0 Å². The van der Waals surface area contributed by atoms with Crippen molar-refractivity contribution in [2.45, 2.75) is 13.8 Å². The van der Waals surface area contributed by atoms with Gasteiger partial charge in [-0.05, 0) is 67.9 Å². The van der Waals surface area contributed by atoms with Gasteiger partial charge in [-0.3, -0.25) is 25.2 Å². The van der Waals surface area contributed by atoms with E-state index in [9.17, 15) is 9.59 Å². The molecule has 0 saturated carbocycles. The van der Waals surface area contributed by atoms with Crippen LogP contribution in [0, 0.1) is 13.8 Å². The number of thiophene rings is 1. The predicted molar refractivity (Wildman–Crippen MR) is 215 cm³/mol. The third-order valence-electron chi connectivity index (χ3n) is 8.43. The van der Waals surface area contributed by atoms with Crippen molar-refractivity contribution >= 4 is 82.2 Å². The van der Waals surface area contributed by atoms with Gasteiger partial charge in [0.25, 0.3) is 11.8 Å². The van der Waals surface area contributed by atoms with E-state index in [1.54, 1.807) is 32.5 Å². The van der Waals surface area contributed by atoms with E-state index in [2.05, 4.69) is 42.6 Å². The Labute approximate surface area is 318 Å². The van der Waals surface area contributed by atoms with Crippen LogP contribution in [0.1, 0.15) is 30.6 Å². The number of nitrogens with zero attached hydrogens (tertiary/aromatic N) is 4. The fourth-order valence-corrected chi connectivity index (χ4v) is 8.65. The maximum absolute atomic E-state index is 12.6. The molecule has 1 aliphatic heterocycles. The molecule has 270 valence electrons. The number of ether oxygens (including phenoxy) is 3. The molecule has 0 unspecified atom stereocenters. The number of thiazole rings is 2. The molecule has 2 N–H and O–H groups in total. The number of benzene rings is 3. The van der Waals surface area contributed by atoms with Crippen LogP contribution in [0.15, 0.2) is 85.1 Å². The molecule has 53 heavy (non-hydrogen) atoms. The maximum atomic E-state index is 12.6. The predicted octanol–water partition coefficient (Wildman–Crippen LogP) is 8.69. The van der Waals surface area contributed by atoms with Gasteiger partial charge in [-0.1, -0.05) is 53.0 Å². The Bertz CT molecular complexity index is 2400. The first kappa shape index (κ1) is 36.0. The molecule has 1 saturated heterocycles. The molecule has 5 heterocycles. The Hall–Kier alpha value is -5.41. The first-order valence-corrected chi connectivity index (χ1v) is 19.2. The molecule has 8 rings (SSSR count). The lowest BCUT2D eigenvalue weighted by Crippen LogP contribution is -2.36. The van der Waals surface area contributed by atoms with E-state index >= 15 is 0 Å². The molecule has 0 atom stereocenters. The third kappa shape index (κ3) is 8.00. The number of pyridine rings is 1. The number of methoxy groups -OCH3 is 2. The van der Waals surface area contributed by atoms with E-state index in [0.717, 1.165) is 60.9 Å². The number of aryl methyl sites for hydroxylation is 2. The van der Waals surface area contributed by atoms with Crippen LogP contribution in [0.5, 0.6) is 11.5 Å². The average Bonchev–Trinajstić information content (AvgIpc) is 3.93. The van der Waals surface area contributed by atoms with E-state index in [4.69, 9.17) is 14.2 Å². The summed E-state index contributed by atoms with van der Waals surface area (Å²) in [5.41, 5.74) is 6.14. The molecule has 1 aliphatic rings. The highest BCUT2D eigenvalue weighted by molar-refractivity contribution is 7.23. The van der Waals surface area contributed by atoms with Crippen molar-refractivity contribution in [2.24, 2.45) is 0 Å². The van der Waals surface area contributed by atoms with E-state index < -0.39 is 0 Å². The average molecular weight is 765 g/mol. The number of rotatable bonds is 8. The quantitative estimate of drug-likeness (QED) is 0.156. The summed E-state index contributed by atoms with van der Waals surface area (Å²) >= 11 is 4.38. The first-order valence-electron chi connectivity index (χ1n) is 16.8. The first-order chi connectivity index (χ1) is 25.8. The van der Waals surface area contributed by atoms with Gasteiger partial charge in [0.15, 0.2) is 10.3 Å². The van der Waals surface area contributed by atoms with Gasteiger partial charge in [0.2, 0.25) is 0 Å². The Morgan fingerprint density at radius 3 is 2.08 bits per heavy atom. The number of nitrogens with one attached hydrogen (secondary N) is 2. The normalized spacial score (nSPS) is 12.6. The Balaban J connectivity index is 0.000000164. The minimum atomic E-state index is -0.202. The van der Waals surface area contributed by atoms with Gasteiger partial charge in [0, 0.05) is 41.0 Å². The van der Waals surface area contributed by atoms with Crippen molar-refractivity contribution in [1.82, 2.24) is 15.0 Å². The van der Waals surface area contributed by atoms with Crippen LogP contribution in [-0.4, -0.2) is 67.3 Å². The zero-order valence-electron chi connectivity index (χ0n) is 29.5. The van der Waals surface area contributed by atoms with Crippen molar-refractivity contribution in [2.75, 3.05) is 56.1 Å². The fourth-order valence-electron chi connectivity index (χ4n) is 5.86. The topological polar surface area (TPSA) is 128 Å². The van der Waals surface area contributed by atoms with Gasteiger partial charge < -0.3 is 19.1 Å². The second kappa shape index (κ2) is 16.1. The molecular formula is C39H36N6O5S3. The van der Waals surface area contributed by atoms with Crippen molar-refractivity contribution in [3.8, 4) is 22.6 Å². The van der Waals surface area contributed by atoms with Crippen molar-refractivity contribution in [1.29, 1.82) is 0 Å². The molecule has 0 aliphatic carbocycles. The minimum Gasteiger partial charge on any atom is -0.494 e. The van der Waals surface area contributed by atoms with Crippen molar-refractivity contribution in [3.05, 3.63) is 106 Å². The lowest BCUT2D eigenvalue weighted by Gasteiger charge is -2.29. The number of hydrogen-bond donors (Lipinski definition) is 2. The monoisotopic (exact) mass is 764 g/mol. The maximum Gasteiger partial charge on any atom is 0.267 e. The number of amides is 2. The lowest BCUT2D eigenvalue weighted by atomic mass is 10.1. The van der Waals surface area contributed by atoms with Gasteiger partial charge in [-0.15, -0.1) is 11.3 Å². The number of anilines is 3. The Morgan fingerprint density at radius 1 is 0.755 bits per heavy atom. The second-order valence-electron chi connectivity index (χ2n) is 12.0. The molecule has 0 spiro atoms. The number of fused-ring (bicyclic) bond motifs is 2. The number of morpholine rings is 1. The van der Waals surface area contributed by atoms with Gasteiger partial charge in [-0.2, -0.15) is 0 Å². The van der Waals surface area contributed by atoms with Crippen molar-refractivity contribution in [3.63, 3.8) is 0 Å². The summed E-state index contributed by atoms with van der Waals surface area (Å²) in [4.78, 5) is 42.4. The largest absolute Gasteiger partial charge is 0.494 e. The van der Waals surface area contributed by atoms with Gasteiger partial charge in [0.1, 0.15) is 22.5 Å². The van der Waals surface area contributed by atoms with Crippen LogP contribution >= 0.6 is 34.0 Å². The van der Waals surface area contributed by atoms with Crippen LogP contribution < -0.4 is 25.0 Å². The summed E-state index contributed by atoms with van der Waals surface area (Å²) in [5.74, 6) is 1.05. The molecule has 0 radical (unpaired) electrons. The highest BCUT2D eigenvalue weighted by Gasteiger charge is 2.21. The summed E-state index contributed by atoms with van der Waals surface area (Å²) < 4.78 is 18.4. The molecule has 7 aromatic rings. The third-order valence-corrected chi connectivity index (χ3v) is 11.4. The molecule has 3 aromatic carbocycles. The number of aromatic nitrogens is 3. The lowest BCUT2D eigenvalue weighted by molar-refractivity contribution is 0.102. The molecule has 4 aromatic heterocycles. The van der Waals surface area contributed by atoms with Crippen LogP contribution in [0.2, 0.25) is 0 Å². The van der Waals surface area contributed by atoms with Crippen LogP contribution in [0.25, 0.3) is 31.6 Å². The standard InChI is InChI=1S/C20H16N2O2S2.C19H20N4O3S/c1-12-8-11-16(25-12)19(23)22-20-21-17-15(24-2)10-9-14(18(17)26-20)13-6-4-3-5-7-13;1-12-11-13(5-6-20-12)18(24)22-19-21-16-15(25-2)4-3-14(17(16)27-19)23-7-9-26-10-8-23/h3-11H,1-2H3,(H,21,22,23);3-6,11H,7-10H2,1-2H3,(H,21,22,24). The zero-order valence-corrected chi connectivity index (χ0v) is 31.9. The minimum absolute atomic E-state index is 0.137. The van der Waals surface area contributed by atoms with Gasteiger partial charge in [0.05, 0.1) is 47.4 Å². The highest BCUT2D eigenvalue weighted by Crippen LogP contribution is 2.41. The van der Waals surface area contributed by atoms with Crippen molar-refractivity contribution < 1.29 is 23.8 Å².